The Labute approximate surface area is 96.8 Å². The number of rotatable bonds is 4. The summed E-state index contributed by atoms with van der Waals surface area (Å²) in [6.45, 7) is 0. The molecule has 0 saturated carbocycles. The first-order valence-corrected chi connectivity index (χ1v) is 4.80. The van der Waals surface area contributed by atoms with Gasteiger partial charge in [-0.1, -0.05) is 12.1 Å². The molecule has 0 bridgehead atoms. The Kier molecular flexibility index (Phi) is 2.95. The van der Waals surface area contributed by atoms with E-state index in [1.165, 1.54) is 13.3 Å². The molecule has 2 N–H and O–H groups in total. The molecular weight excluding hydrogens is 224 g/mol. The number of aromatic nitrogens is 2. The Morgan fingerprint density at radius 3 is 2.65 bits per heavy atom. The lowest BCUT2D eigenvalue weighted by Gasteiger charge is -2.06. The van der Waals surface area contributed by atoms with Crippen LogP contribution in [0.5, 0.6) is 17.5 Å². The van der Waals surface area contributed by atoms with Crippen molar-refractivity contribution in [3.63, 3.8) is 0 Å². The second-order valence-electron chi connectivity index (χ2n) is 3.16. The molecule has 0 unspecified atom stereocenters. The molecule has 2 rings (SSSR count). The average Bonchev–Trinajstić information content (AvgIpc) is 2.78. The van der Waals surface area contributed by atoms with Gasteiger partial charge in [0.05, 0.1) is 13.3 Å². The molecule has 1 heterocycles. The van der Waals surface area contributed by atoms with Crippen LogP contribution in [0.4, 0.5) is 0 Å². The fraction of sp³-hybridized carbons (Fsp3) is 0.0909. The van der Waals surface area contributed by atoms with Gasteiger partial charge in [-0.2, -0.15) is 0 Å². The number of methoxy groups -OCH3 is 1. The molecule has 0 fully saturated rings. The van der Waals surface area contributed by atoms with Gasteiger partial charge < -0.3 is 19.6 Å². The molecule has 2 aromatic rings. The first-order chi connectivity index (χ1) is 8.20. The van der Waals surface area contributed by atoms with E-state index in [-0.39, 0.29) is 11.7 Å². The van der Waals surface area contributed by atoms with Gasteiger partial charge in [0.25, 0.3) is 6.01 Å². The summed E-state index contributed by atoms with van der Waals surface area (Å²) in [5.74, 6) is -0.0885. The molecule has 6 heteroatoms. The second-order valence-corrected chi connectivity index (χ2v) is 3.16. The zero-order chi connectivity index (χ0) is 12.3. The number of carboxylic acid groups (broad SMARTS) is 1. The van der Waals surface area contributed by atoms with Crippen LogP contribution in [0.25, 0.3) is 0 Å². The van der Waals surface area contributed by atoms with E-state index in [1.807, 2.05) is 0 Å². The highest BCUT2D eigenvalue weighted by Gasteiger charge is 2.10. The predicted molar refractivity (Wildman–Crippen MR) is 58.6 cm³/mol. The molecule has 0 aliphatic rings. The van der Waals surface area contributed by atoms with Crippen molar-refractivity contribution >= 4 is 5.97 Å². The number of carbonyl (C=O) groups is 1. The van der Waals surface area contributed by atoms with Crippen molar-refractivity contribution in [3.05, 3.63) is 36.2 Å². The van der Waals surface area contributed by atoms with Gasteiger partial charge in [-0.3, -0.25) is 0 Å². The monoisotopic (exact) mass is 234 g/mol. The fourth-order valence-corrected chi connectivity index (χ4v) is 1.27. The Hall–Kier alpha value is -2.50. The zero-order valence-electron chi connectivity index (χ0n) is 9.01. The summed E-state index contributed by atoms with van der Waals surface area (Å²) >= 11 is 0. The van der Waals surface area contributed by atoms with E-state index in [0.717, 1.165) is 0 Å². The number of aromatic carboxylic acids is 1. The van der Waals surface area contributed by atoms with Crippen LogP contribution in [0.2, 0.25) is 0 Å². The van der Waals surface area contributed by atoms with Crippen LogP contribution in [-0.2, 0) is 0 Å². The molecular formula is C11H10N2O4. The standard InChI is InChI=1S/C11H10N2O4/c1-16-8-4-2-3-5-9(8)17-11-12-6-7(13-11)10(14)15/h2-6H,1H3,(H,12,13)(H,14,15). The number of imidazole rings is 1. The molecule has 0 aliphatic heterocycles. The first-order valence-electron chi connectivity index (χ1n) is 4.80. The maximum atomic E-state index is 10.6. The van der Waals surface area contributed by atoms with Gasteiger partial charge in [0, 0.05) is 0 Å². The van der Waals surface area contributed by atoms with Crippen molar-refractivity contribution < 1.29 is 19.4 Å². The quantitative estimate of drug-likeness (QED) is 0.844. The van der Waals surface area contributed by atoms with Gasteiger partial charge in [-0.05, 0) is 12.1 Å². The largest absolute Gasteiger partial charge is 0.493 e. The summed E-state index contributed by atoms with van der Waals surface area (Å²) in [4.78, 5) is 17.0. The summed E-state index contributed by atoms with van der Waals surface area (Å²) in [5, 5.41) is 8.71. The number of para-hydroxylation sites is 2. The Morgan fingerprint density at radius 2 is 2.06 bits per heavy atom. The Balaban J connectivity index is 2.22. The number of hydrogen-bond acceptors (Lipinski definition) is 4. The summed E-state index contributed by atoms with van der Waals surface area (Å²) in [6, 6.07) is 7.11. The van der Waals surface area contributed by atoms with Crippen molar-refractivity contribution in [2.24, 2.45) is 0 Å². The van der Waals surface area contributed by atoms with Gasteiger partial charge in [0.1, 0.15) is 5.69 Å². The lowest BCUT2D eigenvalue weighted by Crippen LogP contribution is -1.96. The molecule has 0 aliphatic carbocycles. The molecule has 0 radical (unpaired) electrons. The maximum Gasteiger partial charge on any atom is 0.354 e. The van der Waals surface area contributed by atoms with E-state index in [0.29, 0.717) is 11.5 Å². The van der Waals surface area contributed by atoms with Crippen molar-refractivity contribution in [2.45, 2.75) is 0 Å². The number of aromatic amines is 1. The molecule has 0 saturated heterocycles. The van der Waals surface area contributed by atoms with Crippen LogP contribution in [0.15, 0.2) is 30.5 Å². The third-order valence-electron chi connectivity index (χ3n) is 2.06. The normalized spacial score (nSPS) is 9.94. The number of carboxylic acids is 1. The molecule has 0 spiro atoms. The van der Waals surface area contributed by atoms with Crippen LogP contribution in [0, 0.1) is 0 Å². The van der Waals surface area contributed by atoms with Crippen LogP contribution >= 0.6 is 0 Å². The van der Waals surface area contributed by atoms with E-state index in [2.05, 4.69) is 9.97 Å². The highest BCUT2D eigenvalue weighted by molar-refractivity contribution is 5.85. The van der Waals surface area contributed by atoms with Crippen LogP contribution in [-0.4, -0.2) is 28.2 Å². The molecule has 1 aromatic carbocycles. The van der Waals surface area contributed by atoms with E-state index < -0.39 is 5.97 Å². The molecule has 1 aromatic heterocycles. The maximum absolute atomic E-state index is 10.6. The first kappa shape index (κ1) is 11.0. The lowest BCUT2D eigenvalue weighted by molar-refractivity contribution is 0.0690. The van der Waals surface area contributed by atoms with E-state index >= 15 is 0 Å². The average molecular weight is 234 g/mol. The highest BCUT2D eigenvalue weighted by Crippen LogP contribution is 2.29. The summed E-state index contributed by atoms with van der Waals surface area (Å²) in [5.41, 5.74) is -0.0325. The SMILES string of the molecule is COc1ccccc1Oc1ncc(C(=O)O)[nH]1. The molecule has 17 heavy (non-hydrogen) atoms. The predicted octanol–water partition coefficient (Wildman–Crippen LogP) is 1.91. The minimum Gasteiger partial charge on any atom is -0.493 e. The molecule has 88 valence electrons. The van der Waals surface area contributed by atoms with Crippen molar-refractivity contribution in [1.82, 2.24) is 9.97 Å². The number of nitrogens with zero attached hydrogens (tertiary/aromatic N) is 1. The van der Waals surface area contributed by atoms with E-state index in [4.69, 9.17) is 14.6 Å². The third kappa shape index (κ3) is 2.36. The Morgan fingerprint density at radius 1 is 1.35 bits per heavy atom. The Bertz CT molecular complexity index is 536. The number of hydrogen-bond donors (Lipinski definition) is 2. The van der Waals surface area contributed by atoms with Crippen LogP contribution < -0.4 is 9.47 Å². The highest BCUT2D eigenvalue weighted by atomic mass is 16.5. The van der Waals surface area contributed by atoms with Crippen molar-refractivity contribution in [2.75, 3.05) is 7.11 Å². The summed E-state index contributed by atoms with van der Waals surface area (Å²) in [6.07, 6.45) is 1.19. The minimum absolute atomic E-state index is 0.0325. The zero-order valence-corrected chi connectivity index (χ0v) is 9.01. The number of ether oxygens (including phenoxy) is 2. The van der Waals surface area contributed by atoms with Gasteiger partial charge in [0.15, 0.2) is 11.5 Å². The number of benzene rings is 1. The second kappa shape index (κ2) is 4.56. The third-order valence-corrected chi connectivity index (χ3v) is 2.06. The van der Waals surface area contributed by atoms with E-state index in [1.54, 1.807) is 24.3 Å². The molecule has 0 amide bonds. The van der Waals surface area contributed by atoms with E-state index in [9.17, 15) is 4.79 Å². The van der Waals surface area contributed by atoms with Crippen LogP contribution in [0.1, 0.15) is 10.5 Å². The topological polar surface area (TPSA) is 84.4 Å². The van der Waals surface area contributed by atoms with Crippen molar-refractivity contribution in [1.29, 1.82) is 0 Å². The lowest BCUT2D eigenvalue weighted by atomic mass is 10.3. The smallest absolute Gasteiger partial charge is 0.354 e. The van der Waals surface area contributed by atoms with Gasteiger partial charge in [-0.25, -0.2) is 9.78 Å². The summed E-state index contributed by atoms with van der Waals surface area (Å²) in [7, 11) is 1.52. The van der Waals surface area contributed by atoms with Gasteiger partial charge in [-0.15, -0.1) is 0 Å². The fourth-order valence-electron chi connectivity index (χ4n) is 1.27. The summed E-state index contributed by atoms with van der Waals surface area (Å²) < 4.78 is 10.5. The van der Waals surface area contributed by atoms with Crippen LogP contribution in [0.3, 0.4) is 0 Å². The number of nitrogens with one attached hydrogen (secondary N) is 1. The van der Waals surface area contributed by atoms with Gasteiger partial charge >= 0.3 is 5.97 Å². The molecule has 6 nitrogen and oxygen atoms in total. The molecule has 0 atom stereocenters. The number of H-pyrrole nitrogens is 1. The minimum atomic E-state index is -1.09. The van der Waals surface area contributed by atoms with Gasteiger partial charge in [0.2, 0.25) is 0 Å². The van der Waals surface area contributed by atoms with Crippen molar-refractivity contribution in [3.8, 4) is 17.5 Å².